The zero-order chi connectivity index (χ0) is 19.6. The van der Waals surface area contributed by atoms with Crippen molar-refractivity contribution in [2.45, 2.75) is 95.5 Å². The maximum Gasteiger partial charge on any atom is 0.345 e. The Morgan fingerprint density at radius 1 is 1.07 bits per heavy atom. The van der Waals surface area contributed by atoms with E-state index in [0.29, 0.717) is 16.7 Å². The van der Waals surface area contributed by atoms with Gasteiger partial charge < -0.3 is 10.2 Å². The third-order valence-electron chi connectivity index (χ3n) is 5.95. The average Bonchev–Trinajstić information content (AvgIpc) is 3.20. The zero-order valence-electron chi connectivity index (χ0n) is 16.5. The lowest BCUT2D eigenvalue weighted by Gasteiger charge is -2.23. The Bertz CT molecular complexity index is 560. The summed E-state index contributed by atoms with van der Waals surface area (Å²) < 4.78 is 0. The van der Waals surface area contributed by atoms with E-state index in [9.17, 15) is 9.90 Å². The summed E-state index contributed by atoms with van der Waals surface area (Å²) in [4.78, 5) is 12.5. The highest BCUT2D eigenvalue weighted by Crippen LogP contribution is 2.42. The Kier molecular flexibility index (Phi) is 10.2. The Morgan fingerprint density at radius 2 is 1.74 bits per heavy atom. The fourth-order valence-corrected chi connectivity index (χ4v) is 5.80. The van der Waals surface area contributed by atoms with Crippen LogP contribution < -0.4 is 0 Å². The first-order valence-corrected chi connectivity index (χ1v) is 11.9. The topological polar surface area (TPSA) is 57.5 Å². The third-order valence-corrected chi connectivity index (χ3v) is 7.58. The van der Waals surface area contributed by atoms with Crippen LogP contribution in [-0.4, -0.2) is 27.7 Å². The Morgan fingerprint density at radius 3 is 2.41 bits per heavy atom. The molecule has 27 heavy (non-hydrogen) atoms. The van der Waals surface area contributed by atoms with Crippen LogP contribution in [0.4, 0.5) is 0 Å². The van der Waals surface area contributed by atoms with Crippen LogP contribution in [0.25, 0.3) is 0 Å². The van der Waals surface area contributed by atoms with Crippen LogP contribution in [0.2, 0.25) is 0 Å². The number of halogens is 1. The molecule has 1 aliphatic rings. The second kappa shape index (κ2) is 12.1. The quantitative estimate of drug-likeness (QED) is 0.285. The van der Waals surface area contributed by atoms with E-state index in [1.807, 2.05) is 6.07 Å². The maximum absolute atomic E-state index is 11.0. The molecule has 0 radical (unpaired) electrons. The van der Waals surface area contributed by atoms with Gasteiger partial charge in [0.2, 0.25) is 0 Å². The highest BCUT2D eigenvalue weighted by molar-refractivity contribution is 7.13. The highest BCUT2D eigenvalue weighted by Gasteiger charge is 2.40. The summed E-state index contributed by atoms with van der Waals surface area (Å²) in [7, 11) is 0. The molecule has 3 nitrogen and oxygen atoms in total. The number of aryl methyl sites for hydroxylation is 1. The molecule has 0 aromatic carbocycles. The number of carbonyl (C=O) groups is 1. The lowest BCUT2D eigenvalue weighted by molar-refractivity contribution is 0.0702. The molecule has 0 spiro atoms. The number of thiophene rings is 1. The van der Waals surface area contributed by atoms with Crippen LogP contribution in [-0.2, 0) is 6.42 Å². The summed E-state index contributed by atoms with van der Waals surface area (Å²) in [5.74, 6) is -0.123. The normalized spacial score (nSPS) is 25.1. The number of hydrogen-bond acceptors (Lipinski definition) is 3. The molecule has 0 amide bonds. The first kappa shape index (κ1) is 22.7. The van der Waals surface area contributed by atoms with E-state index in [0.717, 1.165) is 37.0 Å². The number of hydrogen-bond donors (Lipinski definition) is 2. The molecule has 2 N–H and O–H groups in total. The first-order chi connectivity index (χ1) is 13.0. The van der Waals surface area contributed by atoms with Gasteiger partial charge in [0.1, 0.15) is 4.88 Å². The molecule has 0 saturated heterocycles. The lowest BCUT2D eigenvalue weighted by Crippen LogP contribution is -2.21. The van der Waals surface area contributed by atoms with Crippen LogP contribution in [0.3, 0.4) is 0 Å². The summed E-state index contributed by atoms with van der Waals surface area (Å²) >= 11 is 7.93. The van der Waals surface area contributed by atoms with Crippen LogP contribution in [0.15, 0.2) is 12.1 Å². The van der Waals surface area contributed by atoms with Crippen molar-refractivity contribution >= 4 is 28.9 Å². The summed E-state index contributed by atoms with van der Waals surface area (Å²) in [6.07, 6.45) is 13.6. The van der Waals surface area contributed by atoms with Gasteiger partial charge in [-0.2, -0.15) is 0 Å². The van der Waals surface area contributed by atoms with E-state index in [1.54, 1.807) is 6.07 Å². The number of aliphatic hydroxyl groups excluding tert-OH is 1. The van der Waals surface area contributed by atoms with Gasteiger partial charge in [-0.1, -0.05) is 51.9 Å². The smallest absolute Gasteiger partial charge is 0.345 e. The molecule has 1 heterocycles. The van der Waals surface area contributed by atoms with Gasteiger partial charge in [0.15, 0.2) is 0 Å². The molecule has 2 rings (SSSR count). The lowest BCUT2D eigenvalue weighted by atomic mass is 9.85. The number of unbranched alkanes of at least 4 members (excludes halogenated alkanes) is 6. The number of carboxylic acid groups (broad SMARTS) is 1. The third kappa shape index (κ3) is 7.40. The molecule has 0 aliphatic heterocycles. The van der Waals surface area contributed by atoms with E-state index in [1.165, 1.54) is 56.3 Å². The van der Waals surface area contributed by atoms with Gasteiger partial charge in [-0.05, 0) is 56.1 Å². The molecular formula is C22H35ClO3S. The van der Waals surface area contributed by atoms with E-state index < -0.39 is 5.97 Å². The minimum absolute atomic E-state index is 0.0764. The van der Waals surface area contributed by atoms with Gasteiger partial charge in [0.25, 0.3) is 0 Å². The molecule has 5 heteroatoms. The molecule has 4 atom stereocenters. The summed E-state index contributed by atoms with van der Waals surface area (Å²) in [5.41, 5.74) is 0. The van der Waals surface area contributed by atoms with Crippen molar-refractivity contribution in [3.05, 3.63) is 21.9 Å². The molecule has 1 aromatic heterocycles. The van der Waals surface area contributed by atoms with E-state index in [2.05, 4.69) is 6.92 Å². The summed E-state index contributed by atoms with van der Waals surface area (Å²) in [6, 6.07) is 3.61. The molecule has 1 aliphatic carbocycles. The predicted octanol–water partition coefficient (Wildman–Crippen LogP) is 6.51. The Labute approximate surface area is 173 Å². The minimum Gasteiger partial charge on any atom is -0.477 e. The van der Waals surface area contributed by atoms with E-state index >= 15 is 0 Å². The number of carboxylic acids is 1. The summed E-state index contributed by atoms with van der Waals surface area (Å²) in [5, 5.41) is 19.5. The van der Waals surface area contributed by atoms with Gasteiger partial charge in [-0.3, -0.25) is 0 Å². The average molecular weight is 415 g/mol. The standard InChI is InChI=1S/C22H35ClO3S/c1-2-3-4-5-6-7-8-11-18-17(19(23)15-20(18)24)12-9-10-16-13-14-21(27-16)22(25)26/h13-14,17-20,24H,2-12,15H2,1H3,(H,25,26)/t17-,18?,19?,20-/m1/s1. The number of rotatable bonds is 13. The maximum atomic E-state index is 11.0. The van der Waals surface area contributed by atoms with Gasteiger partial charge >= 0.3 is 5.97 Å². The van der Waals surface area contributed by atoms with Crippen molar-refractivity contribution in [2.75, 3.05) is 0 Å². The first-order valence-electron chi connectivity index (χ1n) is 10.7. The predicted molar refractivity (Wildman–Crippen MR) is 114 cm³/mol. The van der Waals surface area contributed by atoms with Crippen LogP contribution >= 0.6 is 22.9 Å². The van der Waals surface area contributed by atoms with Crippen molar-refractivity contribution in [1.82, 2.24) is 0 Å². The molecule has 1 saturated carbocycles. The van der Waals surface area contributed by atoms with Crippen molar-refractivity contribution in [2.24, 2.45) is 11.8 Å². The molecular weight excluding hydrogens is 380 g/mol. The van der Waals surface area contributed by atoms with Gasteiger partial charge in [-0.25, -0.2) is 4.79 Å². The van der Waals surface area contributed by atoms with Crippen LogP contribution in [0.1, 0.15) is 92.1 Å². The Hall–Kier alpha value is -0.580. The monoisotopic (exact) mass is 414 g/mol. The van der Waals surface area contributed by atoms with Gasteiger partial charge in [0, 0.05) is 10.3 Å². The van der Waals surface area contributed by atoms with Crippen molar-refractivity contribution in [3.8, 4) is 0 Å². The SMILES string of the molecule is CCCCCCCCCC1[C@@H](CCCc2ccc(C(=O)O)s2)C(Cl)C[C@H]1O. The fourth-order valence-electron chi connectivity index (χ4n) is 4.41. The number of alkyl halides is 1. The second-order valence-electron chi connectivity index (χ2n) is 8.02. The molecule has 1 fully saturated rings. The summed E-state index contributed by atoms with van der Waals surface area (Å²) in [6.45, 7) is 2.24. The van der Waals surface area contributed by atoms with Gasteiger partial charge in [-0.15, -0.1) is 22.9 Å². The van der Waals surface area contributed by atoms with E-state index in [-0.39, 0.29) is 11.5 Å². The van der Waals surface area contributed by atoms with Crippen LogP contribution in [0.5, 0.6) is 0 Å². The zero-order valence-corrected chi connectivity index (χ0v) is 18.1. The second-order valence-corrected chi connectivity index (χ2v) is 9.75. The molecule has 154 valence electrons. The van der Waals surface area contributed by atoms with Gasteiger partial charge in [0.05, 0.1) is 6.10 Å². The molecule has 0 bridgehead atoms. The van der Waals surface area contributed by atoms with Crippen molar-refractivity contribution < 1.29 is 15.0 Å². The van der Waals surface area contributed by atoms with Crippen molar-refractivity contribution in [1.29, 1.82) is 0 Å². The Balaban J connectivity index is 1.71. The van der Waals surface area contributed by atoms with Crippen LogP contribution in [0, 0.1) is 11.8 Å². The molecule has 1 aromatic rings. The molecule has 2 unspecified atom stereocenters. The highest BCUT2D eigenvalue weighted by atomic mass is 35.5. The van der Waals surface area contributed by atoms with E-state index in [4.69, 9.17) is 16.7 Å². The fraction of sp³-hybridized carbons (Fsp3) is 0.773. The van der Waals surface area contributed by atoms with Crippen molar-refractivity contribution in [3.63, 3.8) is 0 Å². The number of aliphatic hydroxyl groups is 1. The number of aromatic carboxylic acids is 1. The minimum atomic E-state index is -0.847. The largest absolute Gasteiger partial charge is 0.477 e.